The highest BCUT2D eigenvalue weighted by molar-refractivity contribution is 5.88. The predicted molar refractivity (Wildman–Crippen MR) is 83.2 cm³/mol. The van der Waals surface area contributed by atoms with Crippen molar-refractivity contribution >= 4 is 17.1 Å². The van der Waals surface area contributed by atoms with Crippen molar-refractivity contribution in [2.24, 2.45) is 7.05 Å². The second-order valence-electron chi connectivity index (χ2n) is 6.19. The molecule has 4 rings (SSSR count). The smallest absolute Gasteiger partial charge is 0.437 e. The summed E-state index contributed by atoms with van der Waals surface area (Å²) in [5.41, 5.74) is 3.95. The Morgan fingerprint density at radius 3 is 2.86 bits per heavy atom. The Morgan fingerprint density at radius 1 is 1.32 bits per heavy atom. The molecule has 5 heteroatoms. The van der Waals surface area contributed by atoms with Crippen LogP contribution in [0, 0.1) is 0 Å². The monoisotopic (exact) mass is 300 g/mol. The minimum absolute atomic E-state index is 0.449. The molecule has 1 aromatic carbocycles. The molecule has 1 saturated carbocycles. The summed E-state index contributed by atoms with van der Waals surface area (Å²) in [6, 6.07) is 6.93. The van der Waals surface area contributed by atoms with Gasteiger partial charge in [0.2, 0.25) is 0 Å². The van der Waals surface area contributed by atoms with E-state index in [9.17, 15) is 4.79 Å². The molecule has 0 saturated heterocycles. The molecule has 5 nitrogen and oxygen atoms in total. The third-order valence-corrected chi connectivity index (χ3v) is 4.72. The lowest BCUT2D eigenvalue weighted by atomic mass is 10.1. The maximum absolute atomic E-state index is 11.3. The highest BCUT2D eigenvalue weighted by Crippen LogP contribution is 2.40. The first-order valence-corrected chi connectivity index (χ1v) is 7.80. The number of hydrogen-bond donors (Lipinski definition) is 1. The van der Waals surface area contributed by atoms with Gasteiger partial charge in [-0.3, -0.25) is 0 Å². The Bertz CT molecular complexity index is 746. The van der Waals surface area contributed by atoms with Gasteiger partial charge in [-0.15, -0.1) is 0 Å². The summed E-state index contributed by atoms with van der Waals surface area (Å²) in [7, 11) is 3.43. The zero-order chi connectivity index (χ0) is 15.3. The fraction of sp³-hybridized carbons (Fsp3) is 0.471. The highest BCUT2D eigenvalue weighted by atomic mass is 16.7. The van der Waals surface area contributed by atoms with Crippen molar-refractivity contribution in [2.45, 2.75) is 37.8 Å². The topological polar surface area (TPSA) is 52.5 Å². The van der Waals surface area contributed by atoms with Gasteiger partial charge in [0.1, 0.15) is 5.75 Å². The number of nitrogens with one attached hydrogen (secondary N) is 1. The van der Waals surface area contributed by atoms with Crippen molar-refractivity contribution in [3.8, 4) is 5.75 Å². The lowest BCUT2D eigenvalue weighted by molar-refractivity contribution is 0.121. The normalized spacial score (nSPS) is 20.2. The van der Waals surface area contributed by atoms with Crippen molar-refractivity contribution < 1.29 is 14.3 Å². The van der Waals surface area contributed by atoms with Crippen molar-refractivity contribution in [3.63, 3.8) is 0 Å². The molecule has 2 aliphatic rings. The number of fused-ring (bicyclic) bond motifs is 3. The third kappa shape index (κ3) is 2.16. The number of carbonyl (C=O) groups is 1. The molecule has 22 heavy (non-hydrogen) atoms. The van der Waals surface area contributed by atoms with Gasteiger partial charge in [0.15, 0.2) is 0 Å². The van der Waals surface area contributed by atoms with Gasteiger partial charge >= 0.3 is 6.16 Å². The molecule has 0 bridgehead atoms. The van der Waals surface area contributed by atoms with E-state index in [0.29, 0.717) is 17.8 Å². The summed E-state index contributed by atoms with van der Waals surface area (Å²) >= 11 is 0. The molecule has 1 heterocycles. The van der Waals surface area contributed by atoms with Gasteiger partial charge < -0.3 is 19.4 Å². The number of carbonyl (C=O) groups excluding carboxylic acids is 1. The van der Waals surface area contributed by atoms with E-state index in [4.69, 9.17) is 4.74 Å². The molecule has 1 unspecified atom stereocenters. The number of methoxy groups -OCH3 is 1. The maximum atomic E-state index is 11.3. The van der Waals surface area contributed by atoms with Crippen LogP contribution in [0.2, 0.25) is 0 Å². The van der Waals surface area contributed by atoms with Gasteiger partial charge in [-0.2, -0.15) is 0 Å². The van der Waals surface area contributed by atoms with Crippen LogP contribution in [0.25, 0.3) is 10.9 Å². The van der Waals surface area contributed by atoms with E-state index in [-0.39, 0.29) is 0 Å². The number of aryl methyl sites for hydroxylation is 2. The van der Waals surface area contributed by atoms with Crippen molar-refractivity contribution in [1.82, 2.24) is 9.88 Å². The number of hydrogen-bond acceptors (Lipinski definition) is 4. The van der Waals surface area contributed by atoms with Gasteiger partial charge in [-0.05, 0) is 49.4 Å². The summed E-state index contributed by atoms with van der Waals surface area (Å²) in [5.74, 6) is 0.534. The molecule has 2 aliphatic carbocycles. The molecule has 116 valence electrons. The highest BCUT2D eigenvalue weighted by Gasteiger charge is 2.33. The average Bonchev–Trinajstić information content (AvgIpc) is 3.17. The number of aromatic nitrogens is 1. The maximum Gasteiger partial charge on any atom is 0.513 e. The second-order valence-corrected chi connectivity index (χ2v) is 6.19. The molecule has 1 fully saturated rings. The van der Waals surface area contributed by atoms with E-state index in [1.165, 1.54) is 42.1 Å². The van der Waals surface area contributed by atoms with Crippen LogP contribution in [0.3, 0.4) is 0 Å². The van der Waals surface area contributed by atoms with Gasteiger partial charge in [0, 0.05) is 35.7 Å². The minimum Gasteiger partial charge on any atom is -0.437 e. The van der Waals surface area contributed by atoms with Crippen LogP contribution in [0.5, 0.6) is 5.75 Å². The Hall–Kier alpha value is -2.01. The van der Waals surface area contributed by atoms with Crippen molar-refractivity contribution in [2.75, 3.05) is 7.11 Å². The van der Waals surface area contributed by atoms with Crippen LogP contribution in [0.15, 0.2) is 18.2 Å². The fourth-order valence-corrected chi connectivity index (χ4v) is 3.55. The van der Waals surface area contributed by atoms with Crippen LogP contribution in [0.1, 0.15) is 36.6 Å². The summed E-state index contributed by atoms with van der Waals surface area (Å²) in [5, 5.41) is 4.92. The largest absolute Gasteiger partial charge is 0.513 e. The summed E-state index contributed by atoms with van der Waals surface area (Å²) in [4.78, 5) is 11.3. The number of ether oxygens (including phenoxy) is 2. The van der Waals surface area contributed by atoms with Crippen LogP contribution in [-0.4, -0.2) is 23.9 Å². The Balaban J connectivity index is 1.73. The average molecular weight is 300 g/mol. The molecule has 0 radical (unpaired) electrons. The lowest BCUT2D eigenvalue weighted by Crippen LogP contribution is -2.23. The first-order chi connectivity index (χ1) is 10.7. The number of rotatable bonds is 3. The Kier molecular flexibility index (Phi) is 3.11. The van der Waals surface area contributed by atoms with Crippen LogP contribution in [-0.2, 0) is 18.2 Å². The third-order valence-electron chi connectivity index (χ3n) is 4.72. The summed E-state index contributed by atoms with van der Waals surface area (Å²) in [6.07, 6.45) is 4.13. The fourth-order valence-electron chi connectivity index (χ4n) is 3.55. The van der Waals surface area contributed by atoms with E-state index < -0.39 is 6.16 Å². The first-order valence-electron chi connectivity index (χ1n) is 7.80. The Labute approximate surface area is 129 Å². The van der Waals surface area contributed by atoms with Crippen LogP contribution < -0.4 is 10.1 Å². The molecule has 0 spiro atoms. The zero-order valence-corrected chi connectivity index (χ0v) is 12.9. The van der Waals surface area contributed by atoms with Crippen molar-refractivity contribution in [1.29, 1.82) is 0 Å². The van der Waals surface area contributed by atoms with E-state index in [1.807, 2.05) is 18.2 Å². The van der Waals surface area contributed by atoms with Gasteiger partial charge in [-0.25, -0.2) is 4.79 Å². The summed E-state index contributed by atoms with van der Waals surface area (Å²) in [6.45, 7) is 0. The zero-order valence-electron chi connectivity index (χ0n) is 12.9. The molecule has 2 aromatic rings. The number of nitrogens with zero attached hydrogens (tertiary/aromatic N) is 1. The van der Waals surface area contributed by atoms with E-state index in [2.05, 4.69) is 21.7 Å². The molecule has 1 N–H and O–H groups in total. The SMILES string of the molecule is COC(=O)Oc1ccc2c(c1)c1c(n2C)C(NC2CC2)CC1. The van der Waals surface area contributed by atoms with E-state index in [1.54, 1.807) is 0 Å². The number of benzene rings is 1. The second kappa shape index (κ2) is 5.02. The van der Waals surface area contributed by atoms with E-state index in [0.717, 1.165) is 12.8 Å². The summed E-state index contributed by atoms with van der Waals surface area (Å²) < 4.78 is 12.0. The molecular formula is C17H20N2O3. The molecule has 0 aliphatic heterocycles. The van der Waals surface area contributed by atoms with Crippen LogP contribution >= 0.6 is 0 Å². The molecule has 1 aromatic heterocycles. The van der Waals surface area contributed by atoms with Crippen molar-refractivity contribution in [3.05, 3.63) is 29.5 Å². The van der Waals surface area contributed by atoms with Crippen LogP contribution in [0.4, 0.5) is 4.79 Å². The first kappa shape index (κ1) is 13.6. The molecule has 0 amide bonds. The molecular weight excluding hydrogens is 280 g/mol. The minimum atomic E-state index is -0.680. The lowest BCUT2D eigenvalue weighted by Gasteiger charge is -2.15. The van der Waals surface area contributed by atoms with E-state index >= 15 is 0 Å². The van der Waals surface area contributed by atoms with Gasteiger partial charge in [-0.1, -0.05) is 0 Å². The quantitative estimate of drug-likeness (QED) is 0.699. The molecule has 1 atom stereocenters. The predicted octanol–water partition coefficient (Wildman–Crippen LogP) is 3.06. The van der Waals surface area contributed by atoms with Gasteiger partial charge in [0.25, 0.3) is 0 Å². The Morgan fingerprint density at radius 2 is 2.14 bits per heavy atom. The standard InChI is InChI=1S/C17H20N2O3/c1-19-15-8-5-11(22-17(20)21-2)9-13(15)12-6-7-14(16(12)19)18-10-3-4-10/h5,8-10,14,18H,3-4,6-7H2,1-2H3. The van der Waals surface area contributed by atoms with Gasteiger partial charge in [0.05, 0.1) is 7.11 Å².